The van der Waals surface area contributed by atoms with Crippen LogP contribution in [0.2, 0.25) is 0 Å². The second-order valence-corrected chi connectivity index (χ2v) is 2.51. The van der Waals surface area contributed by atoms with E-state index in [0.717, 1.165) is 0 Å². The van der Waals surface area contributed by atoms with Crippen molar-refractivity contribution in [3.63, 3.8) is 0 Å². The molecule has 1 aliphatic heterocycles. The van der Waals surface area contributed by atoms with Gasteiger partial charge >= 0.3 is 5.97 Å². The minimum Gasteiger partial charge on any atom is -0.481 e. The van der Waals surface area contributed by atoms with Crippen molar-refractivity contribution in [2.24, 2.45) is 0 Å². The molecule has 0 aromatic carbocycles. The number of carboxylic acids is 1. The summed E-state index contributed by atoms with van der Waals surface area (Å²) in [6.45, 7) is 0.260. The second-order valence-electron chi connectivity index (χ2n) is 2.51. The quantitative estimate of drug-likeness (QED) is 0.527. The van der Waals surface area contributed by atoms with Crippen molar-refractivity contribution < 1.29 is 14.7 Å². The largest absolute Gasteiger partial charge is 0.481 e. The highest BCUT2D eigenvalue weighted by Crippen LogP contribution is 2.02. The lowest BCUT2D eigenvalue weighted by Gasteiger charge is -2.14. The van der Waals surface area contributed by atoms with Crippen molar-refractivity contribution in [2.75, 3.05) is 6.54 Å². The topological polar surface area (TPSA) is 78.4 Å². The molecular formula is C7H10N2O3. The van der Waals surface area contributed by atoms with Crippen LogP contribution in [0.1, 0.15) is 12.8 Å². The van der Waals surface area contributed by atoms with Gasteiger partial charge in [-0.3, -0.25) is 9.59 Å². The van der Waals surface area contributed by atoms with E-state index >= 15 is 0 Å². The van der Waals surface area contributed by atoms with E-state index in [4.69, 9.17) is 5.11 Å². The smallest absolute Gasteiger partial charge is 0.303 e. The van der Waals surface area contributed by atoms with Crippen molar-refractivity contribution in [1.29, 1.82) is 0 Å². The SMILES string of the molecule is O=C(O)CCC1=CC(=O)CNN1. The highest BCUT2D eigenvalue weighted by Gasteiger charge is 2.09. The molecule has 0 radical (unpaired) electrons. The predicted molar refractivity (Wildman–Crippen MR) is 41.1 cm³/mol. The van der Waals surface area contributed by atoms with E-state index in [9.17, 15) is 9.59 Å². The number of carboxylic acid groups (broad SMARTS) is 1. The van der Waals surface area contributed by atoms with E-state index in [1.54, 1.807) is 0 Å². The van der Waals surface area contributed by atoms with Gasteiger partial charge < -0.3 is 10.5 Å². The zero-order valence-electron chi connectivity index (χ0n) is 6.46. The molecule has 66 valence electrons. The summed E-state index contributed by atoms with van der Waals surface area (Å²) in [5.41, 5.74) is 6.01. The Labute approximate surface area is 69.4 Å². The van der Waals surface area contributed by atoms with Crippen LogP contribution in [0.4, 0.5) is 0 Å². The third kappa shape index (κ3) is 2.71. The first kappa shape index (κ1) is 8.73. The lowest BCUT2D eigenvalue weighted by atomic mass is 10.2. The van der Waals surface area contributed by atoms with Crippen LogP contribution in [0.3, 0.4) is 0 Å². The van der Waals surface area contributed by atoms with E-state index in [-0.39, 0.29) is 18.7 Å². The molecule has 0 fully saturated rings. The number of hydrogen-bond donors (Lipinski definition) is 3. The zero-order valence-corrected chi connectivity index (χ0v) is 6.46. The second kappa shape index (κ2) is 3.87. The van der Waals surface area contributed by atoms with E-state index in [1.807, 2.05) is 0 Å². The van der Waals surface area contributed by atoms with Gasteiger partial charge in [0.05, 0.1) is 13.0 Å². The molecule has 5 nitrogen and oxygen atoms in total. The Bertz CT molecular complexity index is 235. The lowest BCUT2D eigenvalue weighted by Crippen LogP contribution is -2.39. The van der Waals surface area contributed by atoms with Gasteiger partial charge in [0.25, 0.3) is 0 Å². The molecule has 0 unspecified atom stereocenters. The summed E-state index contributed by atoms with van der Waals surface area (Å²) in [5.74, 6) is -0.898. The summed E-state index contributed by atoms with van der Waals surface area (Å²) >= 11 is 0. The summed E-state index contributed by atoms with van der Waals surface area (Å²) in [4.78, 5) is 21.0. The Hall–Kier alpha value is -1.36. The first-order valence-electron chi connectivity index (χ1n) is 3.62. The van der Waals surface area contributed by atoms with Gasteiger partial charge in [-0.05, 0) is 6.42 Å². The van der Waals surface area contributed by atoms with E-state index in [0.29, 0.717) is 12.1 Å². The summed E-state index contributed by atoms with van der Waals surface area (Å²) in [5, 5.41) is 8.35. The Morgan fingerprint density at radius 3 is 3.00 bits per heavy atom. The number of ketones is 1. The minimum absolute atomic E-state index is 0.0332. The molecule has 1 rings (SSSR count). The Kier molecular flexibility index (Phi) is 2.82. The summed E-state index contributed by atoms with van der Waals surface area (Å²) in [6, 6.07) is 0. The van der Waals surface area contributed by atoms with Crippen LogP contribution in [-0.4, -0.2) is 23.4 Å². The monoisotopic (exact) mass is 170 g/mol. The molecule has 0 spiro atoms. The normalized spacial score (nSPS) is 16.7. The van der Waals surface area contributed by atoms with Gasteiger partial charge in [0, 0.05) is 11.8 Å². The van der Waals surface area contributed by atoms with Crippen LogP contribution in [-0.2, 0) is 9.59 Å². The number of rotatable bonds is 3. The number of carbonyl (C=O) groups excluding carboxylic acids is 1. The van der Waals surface area contributed by atoms with Crippen LogP contribution < -0.4 is 10.9 Å². The van der Waals surface area contributed by atoms with Crippen molar-refractivity contribution in [3.8, 4) is 0 Å². The maximum absolute atomic E-state index is 10.8. The fourth-order valence-corrected chi connectivity index (χ4v) is 0.903. The highest BCUT2D eigenvalue weighted by molar-refractivity contribution is 5.92. The molecule has 0 aliphatic carbocycles. The van der Waals surface area contributed by atoms with Crippen LogP contribution >= 0.6 is 0 Å². The number of hydrogen-bond acceptors (Lipinski definition) is 4. The first-order chi connectivity index (χ1) is 5.68. The predicted octanol–water partition coefficient (Wildman–Crippen LogP) is -0.588. The van der Waals surface area contributed by atoms with Gasteiger partial charge in [-0.25, -0.2) is 5.43 Å². The van der Waals surface area contributed by atoms with Crippen molar-refractivity contribution in [1.82, 2.24) is 10.9 Å². The molecule has 0 amide bonds. The number of aliphatic carboxylic acids is 1. The third-order valence-corrected chi connectivity index (χ3v) is 1.45. The Morgan fingerprint density at radius 2 is 2.42 bits per heavy atom. The fraction of sp³-hybridized carbons (Fsp3) is 0.429. The van der Waals surface area contributed by atoms with E-state index in [1.165, 1.54) is 6.08 Å². The number of hydrazine groups is 1. The summed E-state index contributed by atoms with van der Waals surface area (Å²) in [6.07, 6.45) is 1.82. The van der Waals surface area contributed by atoms with Gasteiger partial charge in [-0.1, -0.05) is 0 Å². The maximum atomic E-state index is 10.8. The number of allylic oxidation sites excluding steroid dienone is 1. The van der Waals surface area contributed by atoms with E-state index in [2.05, 4.69) is 10.9 Å². The summed E-state index contributed by atoms with van der Waals surface area (Å²) in [7, 11) is 0. The molecule has 0 saturated heterocycles. The van der Waals surface area contributed by atoms with Gasteiger partial charge in [0.1, 0.15) is 0 Å². The van der Waals surface area contributed by atoms with Crippen molar-refractivity contribution in [2.45, 2.75) is 12.8 Å². The molecule has 0 atom stereocenters. The molecule has 1 aliphatic rings. The van der Waals surface area contributed by atoms with Crippen LogP contribution in [0.25, 0.3) is 0 Å². The highest BCUT2D eigenvalue weighted by atomic mass is 16.4. The van der Waals surface area contributed by atoms with Crippen molar-refractivity contribution >= 4 is 11.8 Å². The van der Waals surface area contributed by atoms with E-state index < -0.39 is 5.97 Å². The molecule has 0 aromatic heterocycles. The van der Waals surface area contributed by atoms with Gasteiger partial charge in [-0.2, -0.15) is 0 Å². The van der Waals surface area contributed by atoms with Gasteiger partial charge in [-0.15, -0.1) is 0 Å². The molecule has 3 N–H and O–H groups in total. The zero-order chi connectivity index (χ0) is 8.97. The summed E-state index contributed by atoms with van der Waals surface area (Å²) < 4.78 is 0. The Morgan fingerprint density at radius 1 is 1.67 bits per heavy atom. The maximum Gasteiger partial charge on any atom is 0.303 e. The lowest BCUT2D eigenvalue weighted by molar-refractivity contribution is -0.137. The molecule has 1 heterocycles. The molecular weight excluding hydrogens is 160 g/mol. The first-order valence-corrected chi connectivity index (χ1v) is 3.62. The van der Waals surface area contributed by atoms with Crippen molar-refractivity contribution in [3.05, 3.63) is 11.8 Å². The molecule has 5 heteroatoms. The van der Waals surface area contributed by atoms with Crippen LogP contribution in [0, 0.1) is 0 Å². The van der Waals surface area contributed by atoms with Gasteiger partial charge in [0.15, 0.2) is 5.78 Å². The minimum atomic E-state index is -0.865. The average Bonchev–Trinajstić information content (AvgIpc) is 2.01. The fourth-order valence-electron chi connectivity index (χ4n) is 0.903. The number of nitrogens with one attached hydrogen (secondary N) is 2. The molecule has 0 saturated carbocycles. The third-order valence-electron chi connectivity index (χ3n) is 1.45. The van der Waals surface area contributed by atoms with Crippen LogP contribution in [0.15, 0.2) is 11.8 Å². The average molecular weight is 170 g/mol. The van der Waals surface area contributed by atoms with Gasteiger partial charge in [0.2, 0.25) is 0 Å². The standard InChI is InChI=1S/C7H10N2O3/c10-6-3-5(9-8-4-6)1-2-7(11)12/h3,8-9H,1-2,4H2,(H,11,12). The van der Waals surface area contributed by atoms with Crippen LogP contribution in [0.5, 0.6) is 0 Å². The number of carbonyl (C=O) groups is 2. The molecule has 12 heavy (non-hydrogen) atoms. The molecule has 0 bridgehead atoms. The molecule has 0 aromatic rings. The Balaban J connectivity index is 2.40.